The van der Waals surface area contributed by atoms with Crippen LogP contribution in [0.1, 0.15) is 39.5 Å². The Morgan fingerprint density at radius 2 is 1.89 bits per heavy atom. The summed E-state index contributed by atoms with van der Waals surface area (Å²) >= 11 is 0. The second kappa shape index (κ2) is 7.24. The van der Waals surface area contributed by atoms with Crippen molar-refractivity contribution < 1.29 is 17.9 Å². The Bertz CT molecular complexity index is 385. The van der Waals surface area contributed by atoms with E-state index in [0.717, 1.165) is 25.7 Å². The molecule has 0 radical (unpaired) electrons. The molecule has 1 saturated carbocycles. The summed E-state index contributed by atoms with van der Waals surface area (Å²) in [6.07, 6.45) is 4.70. The molecule has 1 fully saturated rings. The lowest BCUT2D eigenvalue weighted by Crippen LogP contribution is -2.43. The fraction of sp³-hybridized carbons (Fsp3) is 0.923. The topological polar surface area (TPSA) is 72.5 Å². The van der Waals surface area contributed by atoms with Gasteiger partial charge in [0, 0.05) is 18.3 Å². The minimum Gasteiger partial charge on any atom is -0.466 e. The zero-order valence-corrected chi connectivity index (χ0v) is 12.8. The summed E-state index contributed by atoms with van der Waals surface area (Å²) in [6, 6.07) is 0.265. The molecule has 0 aromatic rings. The van der Waals surface area contributed by atoms with Crippen molar-refractivity contribution in [3.05, 3.63) is 0 Å². The van der Waals surface area contributed by atoms with E-state index in [-0.39, 0.29) is 23.7 Å². The van der Waals surface area contributed by atoms with E-state index in [1.807, 2.05) is 13.8 Å². The Kier molecular flexibility index (Phi) is 6.26. The molecule has 0 aromatic heterocycles. The van der Waals surface area contributed by atoms with Gasteiger partial charge in [-0.25, -0.2) is 8.42 Å². The highest BCUT2D eigenvalue weighted by Gasteiger charge is 2.28. The molecule has 6 heteroatoms. The first-order chi connectivity index (χ1) is 8.81. The third-order valence-electron chi connectivity index (χ3n) is 3.42. The van der Waals surface area contributed by atoms with Gasteiger partial charge in [0.25, 0.3) is 0 Å². The van der Waals surface area contributed by atoms with Crippen LogP contribution in [0.5, 0.6) is 0 Å². The molecule has 112 valence electrons. The molecule has 1 atom stereocenters. The summed E-state index contributed by atoms with van der Waals surface area (Å²) in [6.45, 7) is 4.14. The molecule has 1 rings (SSSR count). The molecule has 19 heavy (non-hydrogen) atoms. The van der Waals surface area contributed by atoms with Crippen molar-refractivity contribution in [1.82, 2.24) is 5.32 Å². The first-order valence-electron chi connectivity index (χ1n) is 6.92. The molecule has 0 aliphatic heterocycles. The summed E-state index contributed by atoms with van der Waals surface area (Å²) in [5.74, 6) is 0.0819. The van der Waals surface area contributed by atoms with Gasteiger partial charge in [-0.1, -0.05) is 0 Å². The number of hydrogen-bond donors (Lipinski definition) is 1. The number of rotatable bonds is 6. The van der Waals surface area contributed by atoms with Crippen molar-refractivity contribution in [2.45, 2.75) is 51.6 Å². The van der Waals surface area contributed by atoms with Gasteiger partial charge in [0.05, 0.1) is 18.3 Å². The van der Waals surface area contributed by atoms with Crippen LogP contribution in [0.2, 0.25) is 0 Å². The number of hydrogen-bond acceptors (Lipinski definition) is 5. The Balaban J connectivity index is 2.32. The van der Waals surface area contributed by atoms with Crippen LogP contribution in [0.3, 0.4) is 0 Å². The van der Waals surface area contributed by atoms with E-state index in [0.29, 0.717) is 12.6 Å². The molecule has 0 heterocycles. The molecule has 1 aliphatic carbocycles. The van der Waals surface area contributed by atoms with Crippen LogP contribution >= 0.6 is 0 Å². The van der Waals surface area contributed by atoms with Gasteiger partial charge in [0.1, 0.15) is 9.84 Å². The van der Waals surface area contributed by atoms with Gasteiger partial charge in [-0.2, -0.15) is 0 Å². The van der Waals surface area contributed by atoms with Crippen LogP contribution in [0.25, 0.3) is 0 Å². The number of esters is 1. The first kappa shape index (κ1) is 16.4. The van der Waals surface area contributed by atoms with E-state index in [1.54, 1.807) is 0 Å². The molecule has 1 aliphatic rings. The Morgan fingerprint density at radius 1 is 1.32 bits per heavy atom. The average molecular weight is 291 g/mol. The predicted octanol–water partition coefficient (Wildman–Crippen LogP) is 1.13. The van der Waals surface area contributed by atoms with Crippen LogP contribution in [-0.2, 0) is 19.4 Å². The van der Waals surface area contributed by atoms with Crippen molar-refractivity contribution in [2.75, 3.05) is 18.6 Å². The van der Waals surface area contributed by atoms with E-state index in [4.69, 9.17) is 4.74 Å². The molecule has 0 saturated heterocycles. The number of carbonyl (C=O) groups is 1. The van der Waals surface area contributed by atoms with Crippen molar-refractivity contribution in [1.29, 1.82) is 0 Å². The van der Waals surface area contributed by atoms with Gasteiger partial charge in [-0.3, -0.25) is 4.79 Å². The van der Waals surface area contributed by atoms with Crippen molar-refractivity contribution >= 4 is 15.8 Å². The van der Waals surface area contributed by atoms with E-state index in [9.17, 15) is 13.2 Å². The summed E-state index contributed by atoms with van der Waals surface area (Å²) in [5.41, 5.74) is 0. The molecule has 0 amide bonds. The van der Waals surface area contributed by atoms with Crippen molar-refractivity contribution in [3.8, 4) is 0 Å². The highest BCUT2D eigenvalue weighted by molar-refractivity contribution is 7.90. The monoisotopic (exact) mass is 291 g/mol. The zero-order valence-electron chi connectivity index (χ0n) is 12.0. The summed E-state index contributed by atoms with van der Waals surface area (Å²) in [4.78, 5) is 11.6. The van der Waals surface area contributed by atoms with Crippen molar-refractivity contribution in [2.24, 2.45) is 5.92 Å². The van der Waals surface area contributed by atoms with E-state index < -0.39 is 9.84 Å². The minimum absolute atomic E-state index is 0.0169. The molecule has 1 unspecified atom stereocenters. The normalized spacial score (nSPS) is 25.8. The maximum absolute atomic E-state index is 11.6. The number of nitrogens with one attached hydrogen (secondary N) is 1. The third-order valence-corrected chi connectivity index (χ3v) is 4.53. The number of ether oxygens (including phenoxy) is 1. The smallest absolute Gasteiger partial charge is 0.308 e. The van der Waals surface area contributed by atoms with Crippen LogP contribution in [0.4, 0.5) is 0 Å². The van der Waals surface area contributed by atoms with Gasteiger partial charge in [-0.15, -0.1) is 0 Å². The Hall–Kier alpha value is -0.620. The number of sulfone groups is 1. The van der Waals surface area contributed by atoms with Crippen LogP contribution in [0.15, 0.2) is 0 Å². The molecule has 5 nitrogen and oxygen atoms in total. The Labute approximate surface area is 116 Å². The van der Waals surface area contributed by atoms with E-state index >= 15 is 0 Å². The zero-order chi connectivity index (χ0) is 14.5. The third kappa shape index (κ3) is 6.38. The molecular weight excluding hydrogens is 266 g/mol. The van der Waals surface area contributed by atoms with Gasteiger partial charge in [0.2, 0.25) is 0 Å². The molecular formula is C13H25NO4S. The lowest BCUT2D eigenvalue weighted by atomic mass is 9.86. The lowest BCUT2D eigenvalue weighted by molar-refractivity contribution is -0.149. The van der Waals surface area contributed by atoms with Gasteiger partial charge in [-0.05, 0) is 39.5 Å². The van der Waals surface area contributed by atoms with Crippen molar-refractivity contribution in [3.63, 3.8) is 0 Å². The summed E-state index contributed by atoms with van der Waals surface area (Å²) < 4.78 is 27.4. The summed E-state index contributed by atoms with van der Waals surface area (Å²) in [7, 11) is -2.94. The largest absolute Gasteiger partial charge is 0.466 e. The summed E-state index contributed by atoms with van der Waals surface area (Å²) in [5, 5.41) is 3.34. The first-order valence-corrected chi connectivity index (χ1v) is 8.98. The standard InChI is InChI=1S/C13H25NO4S/c1-4-18-13(15)11-5-7-12(8-6-11)14-10(2)9-19(3,16)17/h10-12,14H,4-9H2,1-3H3. The molecule has 0 aromatic carbocycles. The van der Waals surface area contributed by atoms with E-state index in [1.165, 1.54) is 6.26 Å². The second-order valence-electron chi connectivity index (χ2n) is 5.46. The maximum Gasteiger partial charge on any atom is 0.308 e. The SMILES string of the molecule is CCOC(=O)C1CCC(NC(C)CS(C)(=O)=O)CC1. The fourth-order valence-corrected chi connectivity index (χ4v) is 3.66. The lowest BCUT2D eigenvalue weighted by Gasteiger charge is -2.30. The average Bonchev–Trinajstić information content (AvgIpc) is 2.27. The Morgan fingerprint density at radius 3 is 2.37 bits per heavy atom. The fourth-order valence-electron chi connectivity index (χ4n) is 2.66. The van der Waals surface area contributed by atoms with Crippen LogP contribution in [-0.4, -0.2) is 45.1 Å². The molecule has 0 bridgehead atoms. The van der Waals surface area contributed by atoms with Crippen LogP contribution < -0.4 is 5.32 Å². The minimum atomic E-state index is -2.94. The van der Waals surface area contributed by atoms with Gasteiger partial charge in [0.15, 0.2) is 0 Å². The predicted molar refractivity (Wildman–Crippen MR) is 74.7 cm³/mol. The van der Waals surface area contributed by atoms with Gasteiger partial charge >= 0.3 is 5.97 Å². The molecule has 1 N–H and O–H groups in total. The maximum atomic E-state index is 11.6. The number of carbonyl (C=O) groups excluding carboxylic acids is 1. The van der Waals surface area contributed by atoms with E-state index in [2.05, 4.69) is 5.32 Å². The molecule has 0 spiro atoms. The highest BCUT2D eigenvalue weighted by Crippen LogP contribution is 2.25. The van der Waals surface area contributed by atoms with Crippen LogP contribution in [0, 0.1) is 5.92 Å². The van der Waals surface area contributed by atoms with Gasteiger partial charge < -0.3 is 10.1 Å². The quantitative estimate of drug-likeness (QED) is 0.743. The highest BCUT2D eigenvalue weighted by atomic mass is 32.2. The second-order valence-corrected chi connectivity index (χ2v) is 7.65.